The largest absolute Gasteiger partial charge is 0.272 e. The molecule has 20 heavy (non-hydrogen) atoms. The van der Waals surface area contributed by atoms with E-state index in [0.717, 1.165) is 30.8 Å². The lowest BCUT2D eigenvalue weighted by molar-refractivity contribution is -0.136. The van der Waals surface area contributed by atoms with Crippen LogP contribution < -0.4 is 5.48 Å². The summed E-state index contributed by atoms with van der Waals surface area (Å²) in [6.45, 7) is 1.14. The Morgan fingerprint density at radius 1 is 1.40 bits per heavy atom. The van der Waals surface area contributed by atoms with Gasteiger partial charge in [0.25, 0.3) is 5.91 Å². The third-order valence-electron chi connectivity index (χ3n) is 3.40. The molecule has 1 unspecified atom stereocenters. The molecule has 0 radical (unpaired) electrons. The van der Waals surface area contributed by atoms with Crippen molar-refractivity contribution in [3.63, 3.8) is 0 Å². The van der Waals surface area contributed by atoms with E-state index in [4.69, 9.17) is 4.84 Å². The van der Waals surface area contributed by atoms with E-state index in [1.54, 1.807) is 12.4 Å². The highest BCUT2D eigenvalue weighted by Gasteiger charge is 2.27. The van der Waals surface area contributed by atoms with Gasteiger partial charge in [-0.15, -0.1) is 0 Å². The van der Waals surface area contributed by atoms with E-state index >= 15 is 0 Å². The van der Waals surface area contributed by atoms with E-state index in [9.17, 15) is 4.79 Å². The van der Waals surface area contributed by atoms with Gasteiger partial charge in [-0.2, -0.15) is 5.10 Å². The molecule has 0 bridgehead atoms. The van der Waals surface area contributed by atoms with Crippen molar-refractivity contribution in [3.8, 4) is 0 Å². The van der Waals surface area contributed by atoms with Gasteiger partial charge in [0, 0.05) is 18.9 Å². The molecule has 2 aromatic heterocycles. The monoisotopic (exact) mass is 272 g/mol. The van der Waals surface area contributed by atoms with Crippen LogP contribution in [0.5, 0.6) is 0 Å². The molecule has 1 aliphatic rings. The van der Waals surface area contributed by atoms with Gasteiger partial charge in [0.1, 0.15) is 6.61 Å². The number of carbonyl (C=O) groups is 1. The molecule has 1 N–H and O–H groups in total. The number of hydroxylamine groups is 1. The van der Waals surface area contributed by atoms with Gasteiger partial charge in [0.15, 0.2) is 0 Å². The maximum Gasteiger partial charge on any atom is 0.252 e. The van der Waals surface area contributed by atoms with Crippen LogP contribution in [0, 0.1) is 0 Å². The van der Waals surface area contributed by atoms with Crippen molar-refractivity contribution in [2.75, 3.05) is 0 Å². The quantitative estimate of drug-likeness (QED) is 0.854. The number of aromatic nitrogens is 3. The fraction of sp³-hybridized carbons (Fsp3) is 0.357. The lowest BCUT2D eigenvalue weighted by Gasteiger charge is -2.22. The molecule has 6 heteroatoms. The Morgan fingerprint density at radius 3 is 3.20 bits per heavy atom. The number of nitrogens with zero attached hydrogens (tertiary/aromatic N) is 3. The first-order valence-electron chi connectivity index (χ1n) is 6.68. The lowest BCUT2D eigenvalue weighted by Crippen LogP contribution is -2.33. The maximum absolute atomic E-state index is 12.2. The van der Waals surface area contributed by atoms with Gasteiger partial charge in [-0.25, -0.2) is 5.48 Å². The summed E-state index contributed by atoms with van der Waals surface area (Å²) in [5, 5.41) is 4.20. The number of amides is 1. The molecule has 1 amide bonds. The molecule has 3 rings (SSSR count). The molecule has 0 saturated heterocycles. The standard InChI is InChI=1S/C14H16N4O2/c19-14(17-20-10-11-4-1-2-7-15-11)12-5-3-9-18-13(12)6-8-16-18/h1-2,4,6-8,12H,3,5,9-10H2,(H,17,19). The average molecular weight is 272 g/mol. The van der Waals surface area contributed by atoms with E-state index in [1.807, 2.05) is 28.9 Å². The zero-order valence-corrected chi connectivity index (χ0v) is 11.0. The fourth-order valence-corrected chi connectivity index (χ4v) is 2.42. The number of carbonyl (C=O) groups excluding carboxylic acids is 1. The Morgan fingerprint density at radius 2 is 2.35 bits per heavy atom. The van der Waals surface area contributed by atoms with Gasteiger partial charge in [-0.3, -0.25) is 19.3 Å². The van der Waals surface area contributed by atoms with Crippen LogP contribution in [-0.2, 0) is 22.8 Å². The summed E-state index contributed by atoms with van der Waals surface area (Å²) in [5.74, 6) is -0.308. The smallest absolute Gasteiger partial charge is 0.252 e. The normalized spacial score (nSPS) is 17.5. The van der Waals surface area contributed by atoms with Crippen LogP contribution in [0.4, 0.5) is 0 Å². The first kappa shape index (κ1) is 12.8. The van der Waals surface area contributed by atoms with Crippen LogP contribution in [0.25, 0.3) is 0 Å². The van der Waals surface area contributed by atoms with Crippen LogP contribution in [-0.4, -0.2) is 20.7 Å². The second kappa shape index (κ2) is 5.83. The molecule has 1 aliphatic heterocycles. The van der Waals surface area contributed by atoms with Gasteiger partial charge < -0.3 is 0 Å². The lowest BCUT2D eigenvalue weighted by atomic mass is 9.96. The summed E-state index contributed by atoms with van der Waals surface area (Å²) in [7, 11) is 0. The van der Waals surface area contributed by atoms with Crippen LogP contribution in [0.15, 0.2) is 36.7 Å². The number of hydrogen-bond acceptors (Lipinski definition) is 4. The van der Waals surface area contributed by atoms with Gasteiger partial charge in [0.05, 0.1) is 17.3 Å². The topological polar surface area (TPSA) is 69.0 Å². The number of pyridine rings is 1. The summed E-state index contributed by atoms with van der Waals surface area (Å²) < 4.78 is 1.88. The zero-order chi connectivity index (χ0) is 13.8. The summed E-state index contributed by atoms with van der Waals surface area (Å²) in [4.78, 5) is 21.5. The number of hydrogen-bond donors (Lipinski definition) is 1. The molecule has 0 spiro atoms. The zero-order valence-electron chi connectivity index (χ0n) is 11.0. The molecule has 3 heterocycles. The maximum atomic E-state index is 12.2. The van der Waals surface area contributed by atoms with Crippen molar-refractivity contribution in [2.24, 2.45) is 0 Å². The van der Waals surface area contributed by atoms with Crippen LogP contribution in [0.2, 0.25) is 0 Å². The first-order chi connectivity index (χ1) is 9.84. The minimum absolute atomic E-state index is 0.123. The number of fused-ring (bicyclic) bond motifs is 1. The number of nitrogens with one attached hydrogen (secondary N) is 1. The van der Waals surface area contributed by atoms with Gasteiger partial charge in [-0.1, -0.05) is 6.07 Å². The van der Waals surface area contributed by atoms with E-state index in [2.05, 4.69) is 15.6 Å². The fourth-order valence-electron chi connectivity index (χ4n) is 2.42. The summed E-state index contributed by atoms with van der Waals surface area (Å²) in [5.41, 5.74) is 4.24. The third-order valence-corrected chi connectivity index (χ3v) is 3.40. The highest BCUT2D eigenvalue weighted by atomic mass is 16.6. The predicted molar refractivity (Wildman–Crippen MR) is 71.4 cm³/mol. The molecule has 0 aromatic carbocycles. The highest BCUT2D eigenvalue weighted by Crippen LogP contribution is 2.26. The van der Waals surface area contributed by atoms with Crippen molar-refractivity contribution in [1.82, 2.24) is 20.2 Å². The summed E-state index contributed by atoms with van der Waals surface area (Å²) >= 11 is 0. The second-order valence-corrected chi connectivity index (χ2v) is 4.75. The molecular formula is C14H16N4O2. The summed E-state index contributed by atoms with van der Waals surface area (Å²) in [6, 6.07) is 7.46. The Bertz CT molecular complexity index is 582. The van der Waals surface area contributed by atoms with E-state index in [-0.39, 0.29) is 18.4 Å². The predicted octanol–water partition coefficient (Wildman–Crippen LogP) is 1.40. The first-order valence-corrected chi connectivity index (χ1v) is 6.68. The third kappa shape index (κ3) is 2.70. The van der Waals surface area contributed by atoms with E-state index in [0.29, 0.717) is 0 Å². The Labute approximate surface area is 116 Å². The van der Waals surface area contributed by atoms with Gasteiger partial charge >= 0.3 is 0 Å². The van der Waals surface area contributed by atoms with Crippen molar-refractivity contribution in [1.29, 1.82) is 0 Å². The SMILES string of the molecule is O=C(NOCc1ccccn1)C1CCCn2nccc21. The van der Waals surface area contributed by atoms with Crippen molar-refractivity contribution in [3.05, 3.63) is 48.0 Å². The van der Waals surface area contributed by atoms with E-state index < -0.39 is 0 Å². The molecule has 1 atom stereocenters. The molecule has 0 fully saturated rings. The van der Waals surface area contributed by atoms with Gasteiger partial charge in [-0.05, 0) is 31.0 Å². The molecule has 0 saturated carbocycles. The van der Waals surface area contributed by atoms with Crippen molar-refractivity contribution < 1.29 is 9.63 Å². The minimum atomic E-state index is -0.185. The van der Waals surface area contributed by atoms with Crippen molar-refractivity contribution in [2.45, 2.75) is 31.9 Å². The van der Waals surface area contributed by atoms with Crippen LogP contribution in [0.3, 0.4) is 0 Å². The Balaban J connectivity index is 1.56. The van der Waals surface area contributed by atoms with E-state index in [1.165, 1.54) is 0 Å². The highest BCUT2D eigenvalue weighted by molar-refractivity contribution is 5.82. The number of aryl methyl sites for hydroxylation is 1. The Hall–Kier alpha value is -2.21. The molecule has 6 nitrogen and oxygen atoms in total. The molecule has 0 aliphatic carbocycles. The van der Waals surface area contributed by atoms with Crippen LogP contribution >= 0.6 is 0 Å². The van der Waals surface area contributed by atoms with Gasteiger partial charge in [0.2, 0.25) is 0 Å². The molecular weight excluding hydrogens is 256 g/mol. The molecule has 104 valence electrons. The second-order valence-electron chi connectivity index (χ2n) is 4.75. The summed E-state index contributed by atoms with van der Waals surface area (Å²) in [6.07, 6.45) is 5.20. The van der Waals surface area contributed by atoms with Crippen molar-refractivity contribution >= 4 is 5.91 Å². The molecule has 2 aromatic rings. The van der Waals surface area contributed by atoms with Crippen LogP contribution in [0.1, 0.15) is 30.1 Å². The minimum Gasteiger partial charge on any atom is -0.272 e. The average Bonchev–Trinajstić information content (AvgIpc) is 2.96. The Kier molecular flexibility index (Phi) is 3.73. The number of rotatable bonds is 4.